The molecule has 31 heavy (non-hydrogen) atoms. The average Bonchev–Trinajstić information content (AvgIpc) is 2.77. The van der Waals surface area contributed by atoms with E-state index in [0.29, 0.717) is 30.3 Å². The van der Waals surface area contributed by atoms with Crippen LogP contribution in [0.15, 0.2) is 11.6 Å². The lowest BCUT2D eigenvalue weighted by molar-refractivity contribution is -0.152. The van der Waals surface area contributed by atoms with Gasteiger partial charge in [-0.15, -0.1) is 0 Å². The minimum absolute atomic E-state index is 0.0237. The molecule has 9 unspecified atom stereocenters. The number of carbonyl (C=O) groups excluding carboxylic acids is 2. The van der Waals surface area contributed by atoms with Crippen molar-refractivity contribution in [3.05, 3.63) is 11.6 Å². The number of hydrogen-bond acceptors (Lipinski definition) is 4. The van der Waals surface area contributed by atoms with Crippen molar-refractivity contribution in [3.63, 3.8) is 0 Å². The third kappa shape index (κ3) is 3.56. The van der Waals surface area contributed by atoms with Crippen LogP contribution < -0.4 is 0 Å². The summed E-state index contributed by atoms with van der Waals surface area (Å²) >= 11 is 0. The molecule has 0 radical (unpaired) electrons. The van der Waals surface area contributed by atoms with Crippen LogP contribution in [-0.2, 0) is 19.1 Å². The monoisotopic (exact) mass is 428 g/mol. The molecule has 0 heterocycles. The van der Waals surface area contributed by atoms with Gasteiger partial charge in [-0.05, 0) is 106 Å². The molecule has 5 rings (SSSR count). The van der Waals surface area contributed by atoms with Crippen molar-refractivity contribution < 1.29 is 24.2 Å². The number of aliphatic carboxylic acids is 1. The fourth-order valence-electron chi connectivity index (χ4n) is 8.46. The van der Waals surface area contributed by atoms with E-state index >= 15 is 0 Å². The van der Waals surface area contributed by atoms with E-state index in [4.69, 9.17) is 4.74 Å². The lowest BCUT2D eigenvalue weighted by Crippen LogP contribution is -2.51. The standard InChI is InChI=1S/C26H36O5/c1-2-31-26(30)15-7-6-14-8-9-17-19-11-10-16-18(4-3-5-20(16)25(28)29)24(19)23(27)13-22(17)21(14)12-15/h13-21,24H,2-12H2,1H3,(H,28,29). The maximum absolute atomic E-state index is 13.5. The second-order valence-electron chi connectivity index (χ2n) is 10.8. The molecule has 5 aliphatic rings. The molecule has 0 aromatic heterocycles. The molecule has 9 atom stereocenters. The molecule has 0 spiro atoms. The summed E-state index contributed by atoms with van der Waals surface area (Å²) in [5.74, 6) is 1.46. The second kappa shape index (κ2) is 8.37. The van der Waals surface area contributed by atoms with Crippen LogP contribution in [0.5, 0.6) is 0 Å². The van der Waals surface area contributed by atoms with Crippen molar-refractivity contribution in [1.82, 2.24) is 0 Å². The highest BCUT2D eigenvalue weighted by Gasteiger charge is 2.54. The van der Waals surface area contributed by atoms with Crippen molar-refractivity contribution in [2.24, 2.45) is 53.3 Å². The predicted molar refractivity (Wildman–Crippen MR) is 115 cm³/mol. The molecule has 0 aliphatic heterocycles. The van der Waals surface area contributed by atoms with E-state index in [1.54, 1.807) is 0 Å². The van der Waals surface area contributed by atoms with E-state index < -0.39 is 5.97 Å². The van der Waals surface area contributed by atoms with E-state index in [1.165, 1.54) is 12.0 Å². The predicted octanol–water partition coefficient (Wildman–Crippen LogP) is 4.64. The zero-order valence-electron chi connectivity index (χ0n) is 18.6. The molecular weight excluding hydrogens is 392 g/mol. The maximum Gasteiger partial charge on any atom is 0.308 e. The molecular formula is C26H36O5. The smallest absolute Gasteiger partial charge is 0.308 e. The number of ketones is 1. The zero-order chi connectivity index (χ0) is 21.7. The number of hydrogen-bond donors (Lipinski definition) is 1. The highest BCUT2D eigenvalue weighted by atomic mass is 16.5. The van der Waals surface area contributed by atoms with Gasteiger partial charge in [-0.2, -0.15) is 0 Å². The topological polar surface area (TPSA) is 80.7 Å². The molecule has 170 valence electrons. The lowest BCUT2D eigenvalue weighted by atomic mass is 9.49. The van der Waals surface area contributed by atoms with Crippen LogP contribution in [0.3, 0.4) is 0 Å². The Labute approximate surface area is 185 Å². The van der Waals surface area contributed by atoms with Gasteiger partial charge in [0.1, 0.15) is 0 Å². The Morgan fingerprint density at radius 2 is 1.74 bits per heavy atom. The average molecular weight is 429 g/mol. The first kappa shape index (κ1) is 21.2. The van der Waals surface area contributed by atoms with Gasteiger partial charge in [-0.1, -0.05) is 12.0 Å². The Kier molecular flexibility index (Phi) is 5.72. The van der Waals surface area contributed by atoms with Gasteiger partial charge in [0.25, 0.3) is 0 Å². The Balaban J connectivity index is 1.40. The van der Waals surface area contributed by atoms with E-state index in [9.17, 15) is 19.5 Å². The minimum Gasteiger partial charge on any atom is -0.481 e. The minimum atomic E-state index is -0.666. The molecule has 5 heteroatoms. The number of carboxylic acid groups (broad SMARTS) is 1. The molecule has 1 N–H and O–H groups in total. The normalized spacial score (nSPS) is 44.1. The SMILES string of the molecule is CCOC(=O)C1CCC2CCC3C(=CC(=O)C4C3CCC3C(C(=O)O)CCCC34)C2C1. The van der Waals surface area contributed by atoms with E-state index in [-0.39, 0.29) is 41.3 Å². The molecule has 0 saturated heterocycles. The highest BCUT2D eigenvalue weighted by molar-refractivity contribution is 5.94. The van der Waals surface area contributed by atoms with Crippen LogP contribution in [0.1, 0.15) is 71.1 Å². The Morgan fingerprint density at radius 3 is 2.52 bits per heavy atom. The summed E-state index contributed by atoms with van der Waals surface area (Å²) in [7, 11) is 0. The maximum atomic E-state index is 13.5. The number of carbonyl (C=O) groups is 3. The summed E-state index contributed by atoms with van der Waals surface area (Å²) < 4.78 is 5.32. The van der Waals surface area contributed by atoms with Gasteiger partial charge in [-0.25, -0.2) is 0 Å². The second-order valence-corrected chi connectivity index (χ2v) is 10.8. The Hall–Kier alpha value is -1.65. The number of carboxylic acids is 1. The van der Waals surface area contributed by atoms with Gasteiger partial charge in [-0.3, -0.25) is 14.4 Å². The molecule has 0 bridgehead atoms. The van der Waals surface area contributed by atoms with E-state index in [2.05, 4.69) is 0 Å². The van der Waals surface area contributed by atoms with Crippen LogP contribution in [-0.4, -0.2) is 29.4 Å². The van der Waals surface area contributed by atoms with Crippen LogP contribution >= 0.6 is 0 Å². The van der Waals surface area contributed by atoms with Crippen molar-refractivity contribution in [1.29, 1.82) is 0 Å². The molecule has 4 saturated carbocycles. The largest absolute Gasteiger partial charge is 0.481 e. The van der Waals surface area contributed by atoms with Crippen molar-refractivity contribution in [2.75, 3.05) is 6.61 Å². The van der Waals surface area contributed by atoms with Crippen LogP contribution in [0.2, 0.25) is 0 Å². The molecule has 5 aliphatic carbocycles. The van der Waals surface area contributed by atoms with Gasteiger partial charge in [0.05, 0.1) is 18.4 Å². The molecule has 4 fully saturated rings. The van der Waals surface area contributed by atoms with Gasteiger partial charge in [0, 0.05) is 5.92 Å². The summed E-state index contributed by atoms with van der Waals surface area (Å²) in [5, 5.41) is 9.73. The summed E-state index contributed by atoms with van der Waals surface area (Å²) in [6, 6.07) is 0. The first-order valence-corrected chi connectivity index (χ1v) is 12.6. The number of rotatable bonds is 3. The lowest BCUT2D eigenvalue weighted by Gasteiger charge is -2.54. The molecule has 0 amide bonds. The summed E-state index contributed by atoms with van der Waals surface area (Å²) in [6.45, 7) is 2.29. The summed E-state index contributed by atoms with van der Waals surface area (Å²) in [6.07, 6.45) is 11.8. The molecule has 0 aromatic rings. The first-order chi connectivity index (χ1) is 15.0. The van der Waals surface area contributed by atoms with E-state index in [1.807, 2.05) is 13.0 Å². The van der Waals surface area contributed by atoms with Gasteiger partial charge < -0.3 is 9.84 Å². The number of fused-ring (bicyclic) bond motifs is 7. The molecule has 0 aromatic carbocycles. The summed E-state index contributed by atoms with van der Waals surface area (Å²) in [4.78, 5) is 37.7. The highest BCUT2D eigenvalue weighted by Crippen LogP contribution is 2.59. The van der Waals surface area contributed by atoms with Crippen molar-refractivity contribution >= 4 is 17.7 Å². The van der Waals surface area contributed by atoms with Gasteiger partial charge in [0.15, 0.2) is 5.78 Å². The zero-order valence-corrected chi connectivity index (χ0v) is 18.6. The van der Waals surface area contributed by atoms with Crippen LogP contribution in [0.25, 0.3) is 0 Å². The van der Waals surface area contributed by atoms with Gasteiger partial charge >= 0.3 is 11.9 Å². The number of allylic oxidation sites excluding steroid dienone is 2. The first-order valence-electron chi connectivity index (χ1n) is 12.6. The van der Waals surface area contributed by atoms with Crippen molar-refractivity contribution in [3.8, 4) is 0 Å². The number of ether oxygens (including phenoxy) is 1. The third-order valence-electron chi connectivity index (χ3n) is 9.66. The fraction of sp³-hybridized carbons (Fsp3) is 0.808. The fourth-order valence-corrected chi connectivity index (χ4v) is 8.46. The number of esters is 1. The quantitative estimate of drug-likeness (QED) is 0.662. The van der Waals surface area contributed by atoms with Crippen LogP contribution in [0.4, 0.5) is 0 Å². The molecule has 5 nitrogen and oxygen atoms in total. The Morgan fingerprint density at radius 1 is 0.968 bits per heavy atom. The summed E-state index contributed by atoms with van der Waals surface area (Å²) in [5.41, 5.74) is 1.33. The Bertz CT molecular complexity index is 785. The van der Waals surface area contributed by atoms with E-state index in [0.717, 1.165) is 57.8 Å². The van der Waals surface area contributed by atoms with Crippen LogP contribution in [0, 0.1) is 53.3 Å². The van der Waals surface area contributed by atoms with Gasteiger partial charge in [0.2, 0.25) is 0 Å². The third-order valence-corrected chi connectivity index (χ3v) is 9.66. The van der Waals surface area contributed by atoms with Crippen molar-refractivity contribution in [2.45, 2.75) is 71.1 Å².